The minimum atomic E-state index is -3.21. The third kappa shape index (κ3) is 4.64. The molecule has 0 aliphatic carbocycles. The zero-order valence-electron chi connectivity index (χ0n) is 16.2. The van der Waals surface area contributed by atoms with E-state index in [4.69, 9.17) is 5.10 Å². The molecule has 6 heteroatoms. The van der Waals surface area contributed by atoms with Crippen LogP contribution in [0.25, 0.3) is 22.4 Å². The molecule has 0 saturated carbocycles. The minimum Gasteiger partial charge on any atom is -0.308 e. The predicted octanol–water partition coefficient (Wildman–Crippen LogP) is 3.49. The van der Waals surface area contributed by atoms with Gasteiger partial charge in [0.25, 0.3) is 0 Å². The van der Waals surface area contributed by atoms with E-state index in [1.54, 1.807) is 12.1 Å². The van der Waals surface area contributed by atoms with Gasteiger partial charge < -0.3 is 4.90 Å². The van der Waals surface area contributed by atoms with Gasteiger partial charge in [0.1, 0.15) is 5.69 Å². The lowest BCUT2D eigenvalue weighted by Crippen LogP contribution is -2.18. The van der Waals surface area contributed by atoms with Crippen LogP contribution in [0.4, 0.5) is 0 Å². The topological polar surface area (TPSA) is 55.2 Å². The molecule has 0 N–H and O–H groups in total. The summed E-state index contributed by atoms with van der Waals surface area (Å²) in [5.41, 5.74) is 5.11. The average molecular weight is 384 g/mol. The number of benzene rings is 2. The van der Waals surface area contributed by atoms with E-state index in [2.05, 4.69) is 42.3 Å². The van der Waals surface area contributed by atoms with Crippen molar-refractivity contribution < 1.29 is 8.42 Å². The number of sulfone groups is 1. The van der Waals surface area contributed by atoms with Gasteiger partial charge in [-0.3, -0.25) is 4.68 Å². The number of nitrogens with zero attached hydrogens (tertiary/aromatic N) is 3. The molecule has 0 atom stereocenters. The Kier molecular flexibility index (Phi) is 5.48. The van der Waals surface area contributed by atoms with Gasteiger partial charge in [-0.2, -0.15) is 5.10 Å². The van der Waals surface area contributed by atoms with E-state index in [0.717, 1.165) is 35.5 Å². The van der Waals surface area contributed by atoms with Gasteiger partial charge in [0.15, 0.2) is 9.84 Å². The maximum absolute atomic E-state index is 11.7. The molecule has 0 saturated heterocycles. The van der Waals surface area contributed by atoms with Gasteiger partial charge in [-0.15, -0.1) is 0 Å². The minimum absolute atomic E-state index is 0.315. The van der Waals surface area contributed by atoms with Crippen molar-refractivity contribution in [3.8, 4) is 22.4 Å². The predicted molar refractivity (Wildman–Crippen MR) is 109 cm³/mol. The van der Waals surface area contributed by atoms with E-state index in [1.165, 1.54) is 11.8 Å². The first-order valence-electron chi connectivity index (χ1n) is 8.84. The van der Waals surface area contributed by atoms with Crippen molar-refractivity contribution in [2.45, 2.75) is 18.4 Å². The van der Waals surface area contributed by atoms with Crippen LogP contribution in [-0.4, -0.2) is 50.0 Å². The van der Waals surface area contributed by atoms with Crippen molar-refractivity contribution in [3.63, 3.8) is 0 Å². The molecule has 0 unspecified atom stereocenters. The average Bonchev–Trinajstić information content (AvgIpc) is 3.04. The lowest BCUT2D eigenvalue weighted by molar-refractivity contribution is 0.373. The number of rotatable bonds is 6. The molecule has 0 fully saturated rings. The van der Waals surface area contributed by atoms with Crippen LogP contribution in [0.1, 0.15) is 5.56 Å². The normalized spacial score (nSPS) is 11.9. The Hall–Kier alpha value is -2.44. The Bertz CT molecular complexity index is 1020. The molecular weight excluding hydrogens is 358 g/mol. The van der Waals surface area contributed by atoms with Crippen molar-refractivity contribution in [1.82, 2.24) is 14.7 Å². The Balaban J connectivity index is 2.05. The molecule has 1 aromatic heterocycles. The molecule has 142 valence electrons. The van der Waals surface area contributed by atoms with Gasteiger partial charge in [0.05, 0.1) is 11.4 Å². The number of aryl methyl sites for hydroxylation is 1. The van der Waals surface area contributed by atoms with Crippen LogP contribution in [0.15, 0.2) is 59.6 Å². The van der Waals surface area contributed by atoms with Crippen LogP contribution in [0.2, 0.25) is 0 Å². The third-order valence-corrected chi connectivity index (χ3v) is 5.58. The highest BCUT2D eigenvalue weighted by atomic mass is 32.2. The highest BCUT2D eigenvalue weighted by Crippen LogP contribution is 2.31. The van der Waals surface area contributed by atoms with E-state index >= 15 is 0 Å². The van der Waals surface area contributed by atoms with Crippen LogP contribution in [0, 0.1) is 6.92 Å². The Labute approximate surface area is 161 Å². The summed E-state index contributed by atoms with van der Waals surface area (Å²) >= 11 is 0. The summed E-state index contributed by atoms with van der Waals surface area (Å²) in [6.45, 7) is 3.74. The fourth-order valence-electron chi connectivity index (χ4n) is 2.86. The molecule has 3 aromatic rings. The molecule has 3 rings (SSSR count). The van der Waals surface area contributed by atoms with Crippen LogP contribution in [0.5, 0.6) is 0 Å². The highest BCUT2D eigenvalue weighted by molar-refractivity contribution is 7.90. The van der Waals surface area contributed by atoms with Crippen molar-refractivity contribution in [1.29, 1.82) is 0 Å². The van der Waals surface area contributed by atoms with Crippen molar-refractivity contribution in [3.05, 3.63) is 60.3 Å². The van der Waals surface area contributed by atoms with E-state index in [0.29, 0.717) is 4.90 Å². The molecule has 27 heavy (non-hydrogen) atoms. The zero-order chi connectivity index (χ0) is 19.6. The van der Waals surface area contributed by atoms with E-state index in [-0.39, 0.29) is 0 Å². The summed E-state index contributed by atoms with van der Waals surface area (Å²) in [6, 6.07) is 15.3. The molecule has 0 radical (unpaired) electrons. The standard InChI is InChI=1S/C21H25N3O2S/c1-16-5-7-17(8-6-16)20-15-24(14-13-23(2)3)22-21(20)18-9-11-19(12-10-18)27(4,25)26/h5-12,15H,13-14H2,1-4H3. The van der Waals surface area contributed by atoms with Gasteiger partial charge in [-0.1, -0.05) is 42.0 Å². The molecule has 0 aliphatic heterocycles. The Morgan fingerprint density at radius 3 is 2.11 bits per heavy atom. The van der Waals surface area contributed by atoms with E-state index < -0.39 is 9.84 Å². The Morgan fingerprint density at radius 1 is 0.963 bits per heavy atom. The monoisotopic (exact) mass is 383 g/mol. The molecule has 5 nitrogen and oxygen atoms in total. The number of aromatic nitrogens is 2. The van der Waals surface area contributed by atoms with E-state index in [9.17, 15) is 8.42 Å². The SMILES string of the molecule is Cc1ccc(-c2cn(CCN(C)C)nc2-c2ccc(S(C)(=O)=O)cc2)cc1. The van der Waals surface area contributed by atoms with Crippen molar-refractivity contribution in [2.24, 2.45) is 0 Å². The van der Waals surface area contributed by atoms with Gasteiger partial charge >= 0.3 is 0 Å². The van der Waals surface area contributed by atoms with Crippen LogP contribution in [-0.2, 0) is 16.4 Å². The first-order chi connectivity index (χ1) is 12.7. The summed E-state index contributed by atoms with van der Waals surface area (Å²) < 4.78 is 25.4. The molecule has 0 amide bonds. The summed E-state index contributed by atoms with van der Waals surface area (Å²) in [5.74, 6) is 0. The maximum atomic E-state index is 11.7. The van der Waals surface area contributed by atoms with E-state index in [1.807, 2.05) is 30.9 Å². The maximum Gasteiger partial charge on any atom is 0.175 e. The van der Waals surface area contributed by atoms with Crippen LogP contribution in [0.3, 0.4) is 0 Å². The molecule has 0 aliphatic rings. The fourth-order valence-corrected chi connectivity index (χ4v) is 3.49. The number of hydrogen-bond donors (Lipinski definition) is 0. The smallest absolute Gasteiger partial charge is 0.175 e. The fraction of sp³-hybridized carbons (Fsp3) is 0.286. The second kappa shape index (κ2) is 7.66. The summed E-state index contributed by atoms with van der Waals surface area (Å²) in [4.78, 5) is 2.43. The van der Waals surface area contributed by atoms with Gasteiger partial charge in [0, 0.05) is 30.1 Å². The zero-order valence-corrected chi connectivity index (χ0v) is 17.0. The summed E-state index contributed by atoms with van der Waals surface area (Å²) in [6.07, 6.45) is 3.28. The second-order valence-corrected chi connectivity index (χ2v) is 9.14. The summed E-state index contributed by atoms with van der Waals surface area (Å²) in [7, 11) is 0.861. The van der Waals surface area contributed by atoms with Gasteiger partial charge in [-0.25, -0.2) is 8.42 Å². The lowest BCUT2D eigenvalue weighted by atomic mass is 10.0. The third-order valence-electron chi connectivity index (χ3n) is 4.46. The Morgan fingerprint density at radius 2 is 1.56 bits per heavy atom. The van der Waals surface area contributed by atoms with Crippen molar-refractivity contribution in [2.75, 3.05) is 26.9 Å². The molecule has 2 aromatic carbocycles. The van der Waals surface area contributed by atoms with Crippen LogP contribution < -0.4 is 0 Å². The largest absolute Gasteiger partial charge is 0.308 e. The molecule has 0 bridgehead atoms. The first kappa shape index (κ1) is 19.3. The van der Waals surface area contributed by atoms with Gasteiger partial charge in [0.2, 0.25) is 0 Å². The van der Waals surface area contributed by atoms with Crippen molar-refractivity contribution >= 4 is 9.84 Å². The lowest BCUT2D eigenvalue weighted by Gasteiger charge is -2.08. The molecule has 0 spiro atoms. The van der Waals surface area contributed by atoms with Crippen LogP contribution >= 0.6 is 0 Å². The molecule has 1 heterocycles. The second-order valence-electron chi connectivity index (χ2n) is 7.12. The quantitative estimate of drug-likeness (QED) is 0.654. The number of hydrogen-bond acceptors (Lipinski definition) is 4. The number of likely N-dealkylation sites (N-methyl/N-ethyl adjacent to an activating group) is 1. The highest BCUT2D eigenvalue weighted by Gasteiger charge is 2.15. The van der Waals surface area contributed by atoms with Gasteiger partial charge in [-0.05, 0) is 38.7 Å². The summed E-state index contributed by atoms with van der Waals surface area (Å²) in [5, 5.41) is 4.78. The molecular formula is C21H25N3O2S. The first-order valence-corrected chi connectivity index (χ1v) is 10.7.